The van der Waals surface area contributed by atoms with Crippen LogP contribution in [0.3, 0.4) is 0 Å². The highest BCUT2D eigenvalue weighted by atomic mass is 16.3. The van der Waals surface area contributed by atoms with Gasteiger partial charge in [0.2, 0.25) is 0 Å². The first-order valence-electron chi connectivity index (χ1n) is 4.62. The molecule has 1 N–H and O–H groups in total. The Balaban J connectivity index is 2.59. The first kappa shape index (κ1) is 9.58. The molecule has 0 saturated heterocycles. The molecule has 0 aliphatic heterocycles. The Kier molecular flexibility index (Phi) is 2.33. The predicted octanol–water partition coefficient (Wildman–Crippen LogP) is 1.86. The van der Waals surface area contributed by atoms with Gasteiger partial charge < -0.3 is 5.11 Å². The van der Waals surface area contributed by atoms with Crippen LogP contribution in [-0.2, 0) is 0 Å². The van der Waals surface area contributed by atoms with Gasteiger partial charge >= 0.3 is 0 Å². The summed E-state index contributed by atoms with van der Waals surface area (Å²) in [6.45, 7) is 3.95. The number of hydrogen-bond acceptors (Lipinski definition) is 4. The molecule has 0 atom stereocenters. The lowest BCUT2D eigenvalue weighted by atomic mass is 10.1. The van der Waals surface area contributed by atoms with Gasteiger partial charge in [0.15, 0.2) is 0 Å². The molecule has 0 fully saturated rings. The SMILES string of the molecule is Cc1cnnc(-c2cncc(O)c2)c1C. The molecule has 2 heterocycles. The fourth-order valence-corrected chi connectivity index (χ4v) is 1.36. The van der Waals surface area contributed by atoms with Crippen molar-refractivity contribution < 1.29 is 5.11 Å². The second-order valence-electron chi connectivity index (χ2n) is 3.43. The Hall–Kier alpha value is -1.97. The van der Waals surface area contributed by atoms with Crippen LogP contribution < -0.4 is 0 Å². The van der Waals surface area contributed by atoms with Gasteiger partial charge in [-0.3, -0.25) is 4.98 Å². The molecule has 4 nitrogen and oxygen atoms in total. The molecular formula is C11H11N3O. The molecule has 0 amide bonds. The van der Waals surface area contributed by atoms with E-state index in [-0.39, 0.29) is 5.75 Å². The summed E-state index contributed by atoms with van der Waals surface area (Å²) in [6.07, 6.45) is 4.77. The molecule has 2 rings (SSSR count). The second-order valence-corrected chi connectivity index (χ2v) is 3.43. The monoisotopic (exact) mass is 201 g/mol. The van der Waals surface area contributed by atoms with Gasteiger partial charge in [0.25, 0.3) is 0 Å². The third-order valence-electron chi connectivity index (χ3n) is 2.35. The maximum Gasteiger partial charge on any atom is 0.134 e. The summed E-state index contributed by atoms with van der Waals surface area (Å²) in [6, 6.07) is 1.63. The van der Waals surface area contributed by atoms with Crippen molar-refractivity contribution in [3.05, 3.63) is 35.8 Å². The maximum absolute atomic E-state index is 9.32. The van der Waals surface area contributed by atoms with Crippen molar-refractivity contribution >= 4 is 0 Å². The second kappa shape index (κ2) is 3.65. The molecule has 0 unspecified atom stereocenters. The predicted molar refractivity (Wildman–Crippen MR) is 56.4 cm³/mol. The van der Waals surface area contributed by atoms with E-state index in [0.717, 1.165) is 22.4 Å². The number of aromatic nitrogens is 3. The van der Waals surface area contributed by atoms with Gasteiger partial charge in [-0.25, -0.2) is 0 Å². The standard InChI is InChI=1S/C11H11N3O/c1-7-4-13-14-11(8(7)2)9-3-10(15)6-12-5-9/h3-6,15H,1-2H3. The van der Waals surface area contributed by atoms with Crippen LogP contribution in [0.25, 0.3) is 11.3 Å². The maximum atomic E-state index is 9.32. The van der Waals surface area contributed by atoms with Gasteiger partial charge in [-0.05, 0) is 31.0 Å². The molecule has 0 bridgehead atoms. The lowest BCUT2D eigenvalue weighted by Crippen LogP contribution is -1.94. The van der Waals surface area contributed by atoms with Crippen molar-refractivity contribution in [1.29, 1.82) is 0 Å². The Labute approximate surface area is 87.6 Å². The minimum absolute atomic E-state index is 0.134. The van der Waals surface area contributed by atoms with Crippen molar-refractivity contribution in [2.45, 2.75) is 13.8 Å². The summed E-state index contributed by atoms with van der Waals surface area (Å²) in [5.74, 6) is 0.134. The van der Waals surface area contributed by atoms with Gasteiger partial charge in [0.1, 0.15) is 5.75 Å². The van der Waals surface area contributed by atoms with Crippen molar-refractivity contribution in [3.8, 4) is 17.0 Å². The minimum atomic E-state index is 0.134. The molecule has 0 aromatic carbocycles. The summed E-state index contributed by atoms with van der Waals surface area (Å²) < 4.78 is 0. The van der Waals surface area contributed by atoms with E-state index in [1.807, 2.05) is 13.8 Å². The van der Waals surface area contributed by atoms with Crippen LogP contribution in [0.15, 0.2) is 24.7 Å². The normalized spacial score (nSPS) is 10.3. The van der Waals surface area contributed by atoms with Gasteiger partial charge in [0, 0.05) is 11.8 Å². The average molecular weight is 201 g/mol. The highest BCUT2D eigenvalue weighted by Gasteiger charge is 2.07. The molecule has 0 radical (unpaired) electrons. The topological polar surface area (TPSA) is 58.9 Å². The minimum Gasteiger partial charge on any atom is -0.506 e. The Morgan fingerprint density at radius 2 is 1.93 bits per heavy atom. The number of nitrogens with zero attached hydrogens (tertiary/aromatic N) is 3. The van der Waals surface area contributed by atoms with Crippen LogP contribution in [-0.4, -0.2) is 20.3 Å². The Bertz CT molecular complexity index is 497. The first-order chi connectivity index (χ1) is 7.18. The van der Waals surface area contributed by atoms with Crippen molar-refractivity contribution in [1.82, 2.24) is 15.2 Å². The fourth-order valence-electron chi connectivity index (χ4n) is 1.36. The van der Waals surface area contributed by atoms with Crippen molar-refractivity contribution in [2.24, 2.45) is 0 Å². The molecule has 2 aromatic rings. The largest absolute Gasteiger partial charge is 0.506 e. The Morgan fingerprint density at radius 3 is 2.67 bits per heavy atom. The quantitative estimate of drug-likeness (QED) is 0.765. The van der Waals surface area contributed by atoms with E-state index in [1.165, 1.54) is 6.20 Å². The van der Waals surface area contributed by atoms with E-state index in [2.05, 4.69) is 15.2 Å². The fraction of sp³-hybridized carbons (Fsp3) is 0.182. The van der Waals surface area contributed by atoms with E-state index >= 15 is 0 Å². The van der Waals surface area contributed by atoms with E-state index in [9.17, 15) is 5.11 Å². The first-order valence-corrected chi connectivity index (χ1v) is 4.62. The third-order valence-corrected chi connectivity index (χ3v) is 2.35. The highest BCUT2D eigenvalue weighted by Crippen LogP contribution is 2.23. The summed E-state index contributed by atoms with van der Waals surface area (Å²) in [7, 11) is 0. The Morgan fingerprint density at radius 1 is 1.13 bits per heavy atom. The van der Waals surface area contributed by atoms with Crippen LogP contribution in [0.2, 0.25) is 0 Å². The molecule has 76 valence electrons. The summed E-state index contributed by atoms with van der Waals surface area (Å²) in [5.41, 5.74) is 3.67. The highest BCUT2D eigenvalue weighted by molar-refractivity contribution is 5.63. The number of aryl methyl sites for hydroxylation is 1. The summed E-state index contributed by atoms with van der Waals surface area (Å²) >= 11 is 0. The zero-order chi connectivity index (χ0) is 10.8. The molecule has 2 aromatic heterocycles. The van der Waals surface area contributed by atoms with Crippen molar-refractivity contribution in [3.63, 3.8) is 0 Å². The van der Waals surface area contributed by atoms with Crippen LogP contribution in [0.4, 0.5) is 0 Å². The van der Waals surface area contributed by atoms with Crippen LogP contribution >= 0.6 is 0 Å². The molecular weight excluding hydrogens is 190 g/mol. The smallest absolute Gasteiger partial charge is 0.134 e. The van der Waals surface area contributed by atoms with Gasteiger partial charge in [-0.15, -0.1) is 0 Å². The average Bonchev–Trinajstić information content (AvgIpc) is 2.22. The van der Waals surface area contributed by atoms with Gasteiger partial charge in [-0.2, -0.15) is 10.2 Å². The number of hydrogen-bond donors (Lipinski definition) is 1. The number of pyridine rings is 1. The lowest BCUT2D eigenvalue weighted by molar-refractivity contribution is 0.473. The lowest BCUT2D eigenvalue weighted by Gasteiger charge is -2.05. The summed E-state index contributed by atoms with van der Waals surface area (Å²) in [5, 5.41) is 17.3. The molecule has 15 heavy (non-hydrogen) atoms. The van der Waals surface area contributed by atoms with Crippen LogP contribution in [0.1, 0.15) is 11.1 Å². The van der Waals surface area contributed by atoms with Crippen LogP contribution in [0.5, 0.6) is 5.75 Å². The van der Waals surface area contributed by atoms with Gasteiger partial charge in [-0.1, -0.05) is 0 Å². The number of aromatic hydroxyl groups is 1. The molecule has 0 aliphatic rings. The van der Waals surface area contributed by atoms with E-state index in [4.69, 9.17) is 0 Å². The molecule has 0 aliphatic carbocycles. The summed E-state index contributed by atoms with van der Waals surface area (Å²) in [4.78, 5) is 3.91. The van der Waals surface area contributed by atoms with E-state index in [1.54, 1.807) is 18.5 Å². The third kappa shape index (κ3) is 1.79. The zero-order valence-corrected chi connectivity index (χ0v) is 8.60. The van der Waals surface area contributed by atoms with E-state index in [0.29, 0.717) is 0 Å². The number of rotatable bonds is 1. The van der Waals surface area contributed by atoms with Crippen LogP contribution in [0, 0.1) is 13.8 Å². The zero-order valence-electron chi connectivity index (χ0n) is 8.60. The van der Waals surface area contributed by atoms with Crippen molar-refractivity contribution in [2.75, 3.05) is 0 Å². The molecule has 0 spiro atoms. The van der Waals surface area contributed by atoms with E-state index < -0.39 is 0 Å². The van der Waals surface area contributed by atoms with Gasteiger partial charge in [0.05, 0.1) is 18.1 Å². The molecule has 0 saturated carbocycles. The molecule has 4 heteroatoms.